The average molecular weight is 219 g/mol. The van der Waals surface area contributed by atoms with Gasteiger partial charge in [-0.2, -0.15) is 0 Å². The molecule has 4 nitrogen and oxygen atoms in total. The van der Waals surface area contributed by atoms with Crippen molar-refractivity contribution in [3.05, 3.63) is 36.3 Å². The summed E-state index contributed by atoms with van der Waals surface area (Å²) < 4.78 is 18.7. The van der Waals surface area contributed by atoms with Crippen molar-refractivity contribution in [1.82, 2.24) is 9.97 Å². The monoisotopic (exact) mass is 219 g/mol. The number of nitrogens with zero attached hydrogens (tertiary/aromatic N) is 2. The van der Waals surface area contributed by atoms with Crippen molar-refractivity contribution >= 4 is 5.82 Å². The first-order valence-electron chi connectivity index (χ1n) is 4.64. The van der Waals surface area contributed by atoms with Crippen LogP contribution in [0.1, 0.15) is 0 Å². The number of halogens is 1. The van der Waals surface area contributed by atoms with Crippen LogP contribution in [0, 0.1) is 5.82 Å². The maximum Gasteiger partial charge on any atom is 0.176 e. The number of benzene rings is 1. The van der Waals surface area contributed by atoms with Gasteiger partial charge in [-0.3, -0.25) is 0 Å². The van der Waals surface area contributed by atoms with E-state index in [9.17, 15) is 4.39 Å². The quantitative estimate of drug-likeness (QED) is 0.837. The molecule has 0 bridgehead atoms. The van der Waals surface area contributed by atoms with Crippen molar-refractivity contribution in [1.29, 1.82) is 0 Å². The molecule has 0 fully saturated rings. The van der Waals surface area contributed by atoms with Crippen LogP contribution in [0.25, 0.3) is 11.4 Å². The molecule has 0 amide bonds. The summed E-state index contributed by atoms with van der Waals surface area (Å²) in [5.41, 5.74) is 5.78. The molecule has 0 radical (unpaired) electrons. The van der Waals surface area contributed by atoms with Crippen LogP contribution < -0.4 is 10.5 Å². The molecule has 82 valence electrons. The van der Waals surface area contributed by atoms with Crippen LogP contribution in [-0.2, 0) is 0 Å². The van der Waals surface area contributed by atoms with Crippen LogP contribution in [0.5, 0.6) is 5.75 Å². The van der Waals surface area contributed by atoms with E-state index in [1.165, 1.54) is 19.4 Å². The lowest BCUT2D eigenvalue weighted by atomic mass is 10.2. The molecule has 5 heteroatoms. The number of rotatable bonds is 2. The summed E-state index contributed by atoms with van der Waals surface area (Å²) in [6.45, 7) is 0. The fourth-order valence-electron chi connectivity index (χ4n) is 1.34. The minimum atomic E-state index is -0.490. The molecule has 0 atom stereocenters. The van der Waals surface area contributed by atoms with Crippen LogP contribution in [0.2, 0.25) is 0 Å². The van der Waals surface area contributed by atoms with Gasteiger partial charge < -0.3 is 10.5 Å². The highest BCUT2D eigenvalue weighted by molar-refractivity contribution is 5.59. The van der Waals surface area contributed by atoms with E-state index in [0.717, 1.165) is 0 Å². The summed E-state index contributed by atoms with van der Waals surface area (Å²) in [7, 11) is 1.41. The van der Waals surface area contributed by atoms with Gasteiger partial charge in [-0.25, -0.2) is 14.4 Å². The third-order valence-corrected chi connectivity index (χ3v) is 2.10. The van der Waals surface area contributed by atoms with E-state index < -0.39 is 5.82 Å². The summed E-state index contributed by atoms with van der Waals surface area (Å²) in [6.07, 6.45) is 1.48. The van der Waals surface area contributed by atoms with E-state index in [1.807, 2.05) is 0 Å². The zero-order chi connectivity index (χ0) is 11.5. The number of hydrogen-bond acceptors (Lipinski definition) is 4. The van der Waals surface area contributed by atoms with Gasteiger partial charge in [-0.05, 0) is 18.2 Å². The third kappa shape index (κ3) is 1.79. The number of hydrogen-bond donors (Lipinski definition) is 1. The molecular weight excluding hydrogens is 209 g/mol. The highest BCUT2D eigenvalue weighted by atomic mass is 19.1. The minimum absolute atomic E-state index is 0.156. The maximum absolute atomic E-state index is 13.8. The standard InChI is InChI=1S/C11H10FN3O/c1-16-8-4-2-3-7(10(8)12)11-14-6-5-9(13)15-11/h2-6H,1H3,(H2,13,14,15). The molecule has 0 aliphatic carbocycles. The lowest BCUT2D eigenvalue weighted by Gasteiger charge is -2.06. The minimum Gasteiger partial charge on any atom is -0.494 e. The van der Waals surface area contributed by atoms with Crippen molar-refractivity contribution in [3.8, 4) is 17.1 Å². The molecular formula is C11H10FN3O. The molecule has 2 rings (SSSR count). The van der Waals surface area contributed by atoms with E-state index in [0.29, 0.717) is 5.82 Å². The first-order chi connectivity index (χ1) is 7.72. The predicted octanol–water partition coefficient (Wildman–Crippen LogP) is 1.87. The van der Waals surface area contributed by atoms with Crippen molar-refractivity contribution in [2.45, 2.75) is 0 Å². The van der Waals surface area contributed by atoms with Gasteiger partial charge in [0.1, 0.15) is 5.82 Å². The van der Waals surface area contributed by atoms with E-state index in [2.05, 4.69) is 9.97 Å². The summed E-state index contributed by atoms with van der Waals surface area (Å²) >= 11 is 0. The van der Waals surface area contributed by atoms with E-state index in [1.54, 1.807) is 18.2 Å². The Labute approximate surface area is 91.9 Å². The molecule has 1 aromatic heterocycles. The summed E-state index contributed by atoms with van der Waals surface area (Å²) in [5.74, 6) is 0.211. The summed E-state index contributed by atoms with van der Waals surface area (Å²) in [5, 5.41) is 0. The highest BCUT2D eigenvalue weighted by Gasteiger charge is 2.12. The number of nitrogen functional groups attached to an aromatic ring is 1. The number of aromatic nitrogens is 2. The van der Waals surface area contributed by atoms with Crippen LogP contribution in [0.15, 0.2) is 30.5 Å². The molecule has 0 saturated heterocycles. The van der Waals surface area contributed by atoms with Gasteiger partial charge in [0.2, 0.25) is 0 Å². The number of nitrogens with two attached hydrogens (primary N) is 1. The van der Waals surface area contributed by atoms with Gasteiger partial charge in [-0.1, -0.05) is 6.07 Å². The zero-order valence-electron chi connectivity index (χ0n) is 8.64. The van der Waals surface area contributed by atoms with Crippen molar-refractivity contribution < 1.29 is 9.13 Å². The topological polar surface area (TPSA) is 61.0 Å². The normalized spacial score (nSPS) is 10.1. The van der Waals surface area contributed by atoms with Gasteiger partial charge in [0, 0.05) is 6.20 Å². The molecule has 1 aromatic carbocycles. The Morgan fingerprint density at radius 3 is 2.81 bits per heavy atom. The van der Waals surface area contributed by atoms with E-state index in [-0.39, 0.29) is 17.1 Å². The number of methoxy groups -OCH3 is 1. The lowest BCUT2D eigenvalue weighted by Crippen LogP contribution is -1.97. The van der Waals surface area contributed by atoms with Crippen LogP contribution in [0.4, 0.5) is 10.2 Å². The average Bonchev–Trinajstić information content (AvgIpc) is 2.29. The van der Waals surface area contributed by atoms with Gasteiger partial charge in [0.05, 0.1) is 12.7 Å². The lowest BCUT2D eigenvalue weighted by molar-refractivity contribution is 0.387. The maximum atomic E-state index is 13.8. The first-order valence-corrected chi connectivity index (χ1v) is 4.64. The smallest absolute Gasteiger partial charge is 0.176 e. The van der Waals surface area contributed by atoms with E-state index >= 15 is 0 Å². The molecule has 2 N–H and O–H groups in total. The fourth-order valence-corrected chi connectivity index (χ4v) is 1.34. The van der Waals surface area contributed by atoms with Crippen molar-refractivity contribution in [2.24, 2.45) is 0 Å². The molecule has 0 aliphatic heterocycles. The van der Waals surface area contributed by atoms with Gasteiger partial charge in [0.15, 0.2) is 17.4 Å². The Hall–Kier alpha value is -2.17. The van der Waals surface area contributed by atoms with Crippen molar-refractivity contribution in [2.75, 3.05) is 12.8 Å². The largest absolute Gasteiger partial charge is 0.494 e. The molecule has 2 aromatic rings. The molecule has 16 heavy (non-hydrogen) atoms. The van der Waals surface area contributed by atoms with E-state index in [4.69, 9.17) is 10.5 Å². The van der Waals surface area contributed by atoms with Gasteiger partial charge in [-0.15, -0.1) is 0 Å². The second-order valence-electron chi connectivity index (χ2n) is 3.13. The second-order valence-corrected chi connectivity index (χ2v) is 3.13. The SMILES string of the molecule is COc1cccc(-c2nccc(N)n2)c1F. The molecule has 1 heterocycles. The third-order valence-electron chi connectivity index (χ3n) is 2.10. The van der Waals surface area contributed by atoms with Crippen molar-refractivity contribution in [3.63, 3.8) is 0 Å². The van der Waals surface area contributed by atoms with Gasteiger partial charge >= 0.3 is 0 Å². The fraction of sp³-hybridized carbons (Fsp3) is 0.0909. The second kappa shape index (κ2) is 4.14. The predicted molar refractivity (Wildman–Crippen MR) is 58.4 cm³/mol. The first kappa shape index (κ1) is 10.4. The number of ether oxygens (including phenoxy) is 1. The Balaban J connectivity index is 2.56. The summed E-state index contributed by atoms with van der Waals surface area (Å²) in [6, 6.07) is 6.32. The molecule has 0 unspecified atom stereocenters. The Bertz CT molecular complexity index is 516. The Morgan fingerprint density at radius 1 is 1.31 bits per heavy atom. The zero-order valence-corrected chi connectivity index (χ0v) is 8.64. The van der Waals surface area contributed by atoms with Crippen LogP contribution in [-0.4, -0.2) is 17.1 Å². The number of anilines is 1. The molecule has 0 spiro atoms. The molecule has 0 saturated carbocycles. The summed E-state index contributed by atoms with van der Waals surface area (Å²) in [4.78, 5) is 7.91. The highest BCUT2D eigenvalue weighted by Crippen LogP contribution is 2.26. The van der Waals surface area contributed by atoms with Crippen LogP contribution >= 0.6 is 0 Å². The Morgan fingerprint density at radius 2 is 2.12 bits per heavy atom. The Kier molecular flexibility index (Phi) is 2.68. The van der Waals surface area contributed by atoms with Gasteiger partial charge in [0.25, 0.3) is 0 Å². The van der Waals surface area contributed by atoms with Crippen LogP contribution in [0.3, 0.4) is 0 Å². The molecule has 0 aliphatic rings.